The smallest absolute Gasteiger partial charge is 0.244 e. The summed E-state index contributed by atoms with van der Waals surface area (Å²) in [7, 11) is 0. The van der Waals surface area contributed by atoms with E-state index < -0.39 is 0 Å². The number of imidazole rings is 1. The monoisotopic (exact) mass is 408 g/mol. The van der Waals surface area contributed by atoms with Gasteiger partial charge in [0.25, 0.3) is 0 Å². The molecule has 0 radical (unpaired) electrons. The molecule has 1 aliphatic carbocycles. The molecule has 7 nitrogen and oxygen atoms in total. The van der Waals surface area contributed by atoms with E-state index in [0.29, 0.717) is 5.69 Å². The number of hydrogen-bond donors (Lipinski definition) is 1. The lowest BCUT2D eigenvalue weighted by Crippen LogP contribution is -2.38. The first-order chi connectivity index (χ1) is 14.1. The molecular formula is C21H20N4O3S. The van der Waals surface area contributed by atoms with Crippen LogP contribution in [-0.4, -0.2) is 38.6 Å². The molecule has 0 spiro atoms. The summed E-state index contributed by atoms with van der Waals surface area (Å²) in [5, 5.41) is 4.76. The number of benzene rings is 1. The fourth-order valence-corrected chi connectivity index (χ4v) is 5.02. The van der Waals surface area contributed by atoms with E-state index in [1.54, 1.807) is 23.5 Å². The molecule has 148 valence electrons. The van der Waals surface area contributed by atoms with Crippen LogP contribution in [0.4, 0.5) is 5.69 Å². The number of carbonyl (C=O) groups excluding carboxylic acids is 3. The van der Waals surface area contributed by atoms with E-state index in [1.807, 2.05) is 34.3 Å². The molecule has 1 aliphatic heterocycles. The normalized spacial score (nSPS) is 21.6. The zero-order valence-corrected chi connectivity index (χ0v) is 16.5. The number of fused-ring (bicyclic) bond motifs is 2. The Morgan fingerprint density at radius 3 is 2.45 bits per heavy atom. The van der Waals surface area contributed by atoms with Crippen LogP contribution in [-0.2, 0) is 14.4 Å². The Labute approximate surface area is 171 Å². The Bertz CT molecular complexity index is 1050. The minimum absolute atomic E-state index is 0.190. The molecular weight excluding hydrogens is 388 g/mol. The van der Waals surface area contributed by atoms with Gasteiger partial charge < -0.3 is 5.32 Å². The summed E-state index contributed by atoms with van der Waals surface area (Å²) in [5.41, 5.74) is 2.44. The van der Waals surface area contributed by atoms with Crippen molar-refractivity contribution in [2.45, 2.75) is 25.7 Å². The summed E-state index contributed by atoms with van der Waals surface area (Å²) >= 11 is 1.57. The van der Waals surface area contributed by atoms with E-state index in [9.17, 15) is 14.4 Å². The molecule has 1 saturated carbocycles. The van der Waals surface area contributed by atoms with Crippen molar-refractivity contribution in [1.82, 2.24) is 14.3 Å². The van der Waals surface area contributed by atoms with Gasteiger partial charge in [0.1, 0.15) is 6.54 Å². The van der Waals surface area contributed by atoms with E-state index in [4.69, 9.17) is 0 Å². The van der Waals surface area contributed by atoms with E-state index in [2.05, 4.69) is 10.3 Å². The minimum atomic E-state index is -0.361. The quantitative estimate of drug-likeness (QED) is 0.672. The zero-order chi connectivity index (χ0) is 20.0. The predicted molar refractivity (Wildman–Crippen MR) is 109 cm³/mol. The molecule has 3 heterocycles. The topological polar surface area (TPSA) is 83.8 Å². The minimum Gasteiger partial charge on any atom is -0.325 e. The molecule has 3 aromatic rings. The third-order valence-corrected chi connectivity index (χ3v) is 6.56. The maximum Gasteiger partial charge on any atom is 0.244 e. The van der Waals surface area contributed by atoms with Crippen molar-refractivity contribution < 1.29 is 14.4 Å². The van der Waals surface area contributed by atoms with E-state index >= 15 is 0 Å². The fraction of sp³-hybridized carbons (Fsp3) is 0.333. The second kappa shape index (κ2) is 7.11. The van der Waals surface area contributed by atoms with Gasteiger partial charge in [0, 0.05) is 29.0 Å². The number of hydrogen-bond acceptors (Lipinski definition) is 5. The van der Waals surface area contributed by atoms with Crippen LogP contribution in [0.15, 0.2) is 42.0 Å². The van der Waals surface area contributed by atoms with Crippen molar-refractivity contribution in [2.75, 3.05) is 11.9 Å². The van der Waals surface area contributed by atoms with Crippen LogP contribution in [0.3, 0.4) is 0 Å². The average molecular weight is 408 g/mol. The zero-order valence-electron chi connectivity index (χ0n) is 15.7. The Hall–Kier alpha value is -3.00. The SMILES string of the molecule is O=C(CN1C(=O)C2CCCCC2C1=O)Nc1ccc(-c2cn3ccsc3n2)cc1. The van der Waals surface area contributed by atoms with E-state index in [1.165, 1.54) is 0 Å². The second-order valence-corrected chi connectivity index (χ2v) is 8.48. The van der Waals surface area contributed by atoms with Crippen molar-refractivity contribution in [3.05, 3.63) is 42.0 Å². The van der Waals surface area contributed by atoms with Gasteiger partial charge in [-0.3, -0.25) is 23.7 Å². The summed E-state index contributed by atoms with van der Waals surface area (Å²) in [6, 6.07) is 7.38. The van der Waals surface area contributed by atoms with Crippen molar-refractivity contribution in [3.63, 3.8) is 0 Å². The molecule has 1 N–H and O–H groups in total. The second-order valence-electron chi connectivity index (χ2n) is 7.60. The van der Waals surface area contributed by atoms with Crippen molar-refractivity contribution in [2.24, 2.45) is 11.8 Å². The number of anilines is 1. The van der Waals surface area contributed by atoms with Crippen LogP contribution in [0, 0.1) is 11.8 Å². The first-order valence-electron chi connectivity index (χ1n) is 9.78. The number of likely N-dealkylation sites (tertiary alicyclic amines) is 1. The molecule has 1 aromatic carbocycles. The third kappa shape index (κ3) is 3.23. The van der Waals surface area contributed by atoms with Crippen LogP contribution < -0.4 is 5.32 Å². The van der Waals surface area contributed by atoms with E-state index in [-0.39, 0.29) is 36.1 Å². The molecule has 29 heavy (non-hydrogen) atoms. The standard InChI is InChI=1S/C21H20N4O3S/c26-18(12-25-19(27)15-3-1-2-4-16(15)20(25)28)22-14-7-5-13(6-8-14)17-11-24-9-10-29-21(24)23-17/h5-11,15-16H,1-4,12H2,(H,22,26). The van der Waals surface area contributed by atoms with Gasteiger partial charge in [0.05, 0.1) is 17.5 Å². The molecule has 2 aliphatic rings. The summed E-state index contributed by atoms with van der Waals surface area (Å²) in [4.78, 5) is 44.1. The van der Waals surface area contributed by atoms with Crippen LogP contribution in [0.25, 0.3) is 16.2 Å². The van der Waals surface area contributed by atoms with Crippen LogP contribution in [0.1, 0.15) is 25.7 Å². The number of amides is 3. The summed E-state index contributed by atoms with van der Waals surface area (Å²) in [5.74, 6) is -1.20. The summed E-state index contributed by atoms with van der Waals surface area (Å²) in [6.07, 6.45) is 7.37. The maximum atomic E-state index is 12.5. The van der Waals surface area contributed by atoms with Gasteiger partial charge in [-0.05, 0) is 25.0 Å². The number of nitrogens with one attached hydrogen (secondary N) is 1. The molecule has 2 atom stereocenters. The predicted octanol–water partition coefficient (Wildman–Crippen LogP) is 3.18. The van der Waals surface area contributed by atoms with Crippen molar-refractivity contribution in [3.8, 4) is 11.3 Å². The molecule has 2 fully saturated rings. The highest BCUT2D eigenvalue weighted by Gasteiger charge is 2.48. The molecule has 8 heteroatoms. The van der Waals surface area contributed by atoms with Gasteiger partial charge in [-0.15, -0.1) is 11.3 Å². The van der Waals surface area contributed by atoms with Crippen LogP contribution in [0.2, 0.25) is 0 Å². The Morgan fingerprint density at radius 2 is 1.79 bits per heavy atom. The van der Waals surface area contributed by atoms with Gasteiger partial charge in [-0.2, -0.15) is 0 Å². The van der Waals surface area contributed by atoms with Crippen molar-refractivity contribution in [1.29, 1.82) is 0 Å². The number of aromatic nitrogens is 2. The average Bonchev–Trinajstić information content (AvgIpc) is 3.39. The first-order valence-corrected chi connectivity index (χ1v) is 10.7. The van der Waals surface area contributed by atoms with E-state index in [0.717, 1.165) is 46.8 Å². The fourth-order valence-electron chi connectivity index (χ4n) is 4.32. The summed E-state index contributed by atoms with van der Waals surface area (Å²) < 4.78 is 1.97. The number of thiazole rings is 1. The van der Waals surface area contributed by atoms with Gasteiger partial charge in [-0.25, -0.2) is 4.98 Å². The molecule has 2 unspecified atom stereocenters. The highest BCUT2D eigenvalue weighted by molar-refractivity contribution is 7.15. The molecule has 5 rings (SSSR count). The number of rotatable bonds is 4. The number of carbonyl (C=O) groups is 3. The third-order valence-electron chi connectivity index (χ3n) is 5.79. The molecule has 3 amide bonds. The highest BCUT2D eigenvalue weighted by Crippen LogP contribution is 2.37. The van der Waals surface area contributed by atoms with Gasteiger partial charge in [-0.1, -0.05) is 25.0 Å². The Balaban J connectivity index is 1.24. The first kappa shape index (κ1) is 18.1. The van der Waals surface area contributed by atoms with Crippen LogP contribution >= 0.6 is 11.3 Å². The lowest BCUT2D eigenvalue weighted by molar-refractivity contribution is -0.142. The molecule has 2 aromatic heterocycles. The molecule has 0 bridgehead atoms. The Morgan fingerprint density at radius 1 is 1.10 bits per heavy atom. The maximum absolute atomic E-state index is 12.5. The largest absolute Gasteiger partial charge is 0.325 e. The lowest BCUT2D eigenvalue weighted by atomic mass is 9.81. The van der Waals surface area contributed by atoms with Gasteiger partial charge in [0.2, 0.25) is 17.7 Å². The lowest BCUT2D eigenvalue weighted by Gasteiger charge is -2.19. The number of nitrogens with zero attached hydrogens (tertiary/aromatic N) is 3. The van der Waals surface area contributed by atoms with Crippen molar-refractivity contribution >= 4 is 39.7 Å². The van der Waals surface area contributed by atoms with Gasteiger partial charge >= 0.3 is 0 Å². The Kier molecular flexibility index (Phi) is 4.43. The number of imide groups is 1. The van der Waals surface area contributed by atoms with Crippen LogP contribution in [0.5, 0.6) is 0 Å². The summed E-state index contributed by atoms with van der Waals surface area (Å²) in [6.45, 7) is -0.219. The highest BCUT2D eigenvalue weighted by atomic mass is 32.1. The van der Waals surface area contributed by atoms with Gasteiger partial charge in [0.15, 0.2) is 4.96 Å². The molecule has 1 saturated heterocycles.